The number of carbonyl (C=O) groups excluding carboxylic acids is 1. The largest absolute Gasteiger partial charge is 0.392 e. The Kier molecular flexibility index (Phi) is 2.52. The van der Waals surface area contributed by atoms with E-state index in [0.717, 1.165) is 51.4 Å². The Morgan fingerprint density at radius 2 is 1.95 bits per heavy atom. The number of aliphatic hydroxyl groups excluding tert-OH is 1. The summed E-state index contributed by atoms with van der Waals surface area (Å²) < 4.78 is 6.30. The van der Waals surface area contributed by atoms with Gasteiger partial charge in [-0.2, -0.15) is 0 Å². The van der Waals surface area contributed by atoms with Crippen LogP contribution in [0.1, 0.15) is 65.2 Å². The van der Waals surface area contributed by atoms with Crippen molar-refractivity contribution in [3.05, 3.63) is 0 Å². The first-order valence-electron chi connectivity index (χ1n) is 9.33. The van der Waals surface area contributed by atoms with E-state index in [0.29, 0.717) is 29.6 Å². The molecule has 1 N–H and O–H groups in total. The van der Waals surface area contributed by atoms with Crippen molar-refractivity contribution in [1.82, 2.24) is 0 Å². The molecule has 0 radical (unpaired) electrons. The highest BCUT2D eigenvalue weighted by molar-refractivity contribution is 5.87. The summed E-state index contributed by atoms with van der Waals surface area (Å²) in [4.78, 5) is 12.4. The van der Waals surface area contributed by atoms with Gasteiger partial charge in [0.15, 0.2) is 0 Å². The molecular weight excluding hydrogens is 276 g/mol. The first kappa shape index (κ1) is 14.0. The molecule has 1 aliphatic heterocycles. The van der Waals surface area contributed by atoms with Crippen molar-refractivity contribution in [3.63, 3.8) is 0 Å². The fourth-order valence-electron chi connectivity index (χ4n) is 7.50. The highest BCUT2D eigenvalue weighted by Gasteiger charge is 2.77. The van der Waals surface area contributed by atoms with Crippen molar-refractivity contribution in [3.8, 4) is 0 Å². The van der Waals surface area contributed by atoms with Crippen LogP contribution in [0.4, 0.5) is 0 Å². The van der Waals surface area contributed by atoms with Crippen LogP contribution in [0.25, 0.3) is 0 Å². The fraction of sp³-hybridized carbons (Fsp3) is 0.947. The van der Waals surface area contributed by atoms with Crippen molar-refractivity contribution in [2.24, 2.45) is 28.6 Å². The molecule has 122 valence electrons. The van der Waals surface area contributed by atoms with Gasteiger partial charge < -0.3 is 9.84 Å². The van der Waals surface area contributed by atoms with Crippen LogP contribution in [0, 0.1) is 28.6 Å². The lowest BCUT2D eigenvalue weighted by Gasteiger charge is -2.59. The summed E-state index contributed by atoms with van der Waals surface area (Å²) in [6.07, 6.45) is 8.42. The van der Waals surface area contributed by atoms with Gasteiger partial charge in [-0.25, -0.2) is 0 Å². The molecule has 4 aliphatic carbocycles. The van der Waals surface area contributed by atoms with E-state index in [4.69, 9.17) is 4.74 Å². The number of hydrogen-bond acceptors (Lipinski definition) is 3. The molecule has 0 aromatic carbocycles. The number of carbonyl (C=O) groups is 1. The molecule has 5 fully saturated rings. The number of aliphatic hydroxyl groups is 1. The van der Waals surface area contributed by atoms with Gasteiger partial charge >= 0.3 is 0 Å². The zero-order chi connectivity index (χ0) is 15.3. The number of ether oxygens (including phenoxy) is 1. The van der Waals surface area contributed by atoms with Crippen molar-refractivity contribution in [2.45, 2.75) is 83.0 Å². The predicted molar refractivity (Wildman–Crippen MR) is 82.2 cm³/mol. The van der Waals surface area contributed by atoms with Crippen LogP contribution >= 0.6 is 0 Å². The second-order valence-electron chi connectivity index (χ2n) is 9.22. The Bertz CT molecular complexity index is 545. The third-order valence-electron chi connectivity index (χ3n) is 8.85. The van der Waals surface area contributed by atoms with Crippen LogP contribution in [0.3, 0.4) is 0 Å². The molecule has 0 amide bonds. The summed E-state index contributed by atoms with van der Waals surface area (Å²) in [7, 11) is 0. The standard InChI is InChI=1S/C19H28O3/c1-17-9-7-13-11(12(17)5-6-14(17)20)10-16-19(22-16)8-3-4-15(21)18(13,19)2/h11-13,15-16,21H,3-10H2,1-2H3/t11-,12-,13-,15?,16-,17-,18-,19-/m0/s1. The summed E-state index contributed by atoms with van der Waals surface area (Å²) in [5.41, 5.74) is -0.181. The van der Waals surface area contributed by atoms with E-state index < -0.39 is 0 Å². The molecule has 22 heavy (non-hydrogen) atoms. The Labute approximate surface area is 132 Å². The lowest BCUT2D eigenvalue weighted by atomic mass is 9.44. The number of ketones is 1. The summed E-state index contributed by atoms with van der Waals surface area (Å²) in [6, 6.07) is 0. The molecular formula is C19H28O3. The van der Waals surface area contributed by atoms with Gasteiger partial charge in [0.1, 0.15) is 11.4 Å². The lowest BCUT2D eigenvalue weighted by molar-refractivity contribution is -0.155. The Balaban J connectivity index is 1.57. The van der Waals surface area contributed by atoms with Crippen molar-refractivity contribution < 1.29 is 14.6 Å². The topological polar surface area (TPSA) is 49.8 Å². The minimum atomic E-state index is -0.222. The van der Waals surface area contributed by atoms with E-state index in [1.807, 2.05) is 0 Å². The van der Waals surface area contributed by atoms with Gasteiger partial charge in [0, 0.05) is 17.3 Å². The van der Waals surface area contributed by atoms with Crippen molar-refractivity contribution in [1.29, 1.82) is 0 Å². The van der Waals surface area contributed by atoms with E-state index in [2.05, 4.69) is 13.8 Å². The number of epoxide rings is 1. The van der Waals surface area contributed by atoms with Gasteiger partial charge in [-0.3, -0.25) is 4.79 Å². The zero-order valence-electron chi connectivity index (χ0n) is 13.8. The van der Waals surface area contributed by atoms with E-state index in [1.165, 1.54) is 0 Å². The Morgan fingerprint density at radius 3 is 2.77 bits per heavy atom. The number of fused-ring (bicyclic) bond motifs is 4. The van der Waals surface area contributed by atoms with Crippen LogP contribution in [-0.2, 0) is 9.53 Å². The van der Waals surface area contributed by atoms with Gasteiger partial charge in [0.25, 0.3) is 0 Å². The monoisotopic (exact) mass is 304 g/mol. The van der Waals surface area contributed by atoms with Gasteiger partial charge in [-0.05, 0) is 62.7 Å². The highest BCUT2D eigenvalue weighted by atomic mass is 16.6. The molecule has 1 spiro atoms. The van der Waals surface area contributed by atoms with Gasteiger partial charge in [0.05, 0.1) is 12.2 Å². The van der Waals surface area contributed by atoms with Gasteiger partial charge in [-0.15, -0.1) is 0 Å². The normalized spacial score (nSPS) is 62.7. The molecule has 0 aromatic heterocycles. The Morgan fingerprint density at radius 1 is 1.14 bits per heavy atom. The maximum absolute atomic E-state index is 12.4. The quantitative estimate of drug-likeness (QED) is 0.700. The molecule has 0 bridgehead atoms. The lowest BCUT2D eigenvalue weighted by Crippen LogP contribution is -2.62. The Hall–Kier alpha value is -0.410. The average Bonchev–Trinajstić information content (AvgIpc) is 3.10. The highest BCUT2D eigenvalue weighted by Crippen LogP contribution is 2.72. The maximum Gasteiger partial charge on any atom is 0.139 e. The minimum absolute atomic E-state index is 0.0256. The fourth-order valence-corrected chi connectivity index (χ4v) is 7.50. The molecule has 3 nitrogen and oxygen atoms in total. The third-order valence-corrected chi connectivity index (χ3v) is 8.85. The van der Waals surface area contributed by atoms with Crippen LogP contribution in [0.15, 0.2) is 0 Å². The average molecular weight is 304 g/mol. The van der Waals surface area contributed by atoms with E-state index in [-0.39, 0.29) is 22.5 Å². The molecule has 5 aliphatic rings. The first-order valence-corrected chi connectivity index (χ1v) is 9.33. The summed E-state index contributed by atoms with van der Waals surface area (Å²) in [6.45, 7) is 4.53. The molecule has 0 aromatic rings. The summed E-state index contributed by atoms with van der Waals surface area (Å²) >= 11 is 0. The minimum Gasteiger partial charge on any atom is -0.392 e. The smallest absolute Gasteiger partial charge is 0.139 e. The SMILES string of the molecule is C[C@]12CC[C@H]3[C@@H](C[C@@H]4O[C@@]45CCCC(O)[C@]35C)[C@@H]1CCC2=O. The summed E-state index contributed by atoms with van der Waals surface area (Å²) in [5.74, 6) is 2.17. The second kappa shape index (κ2) is 3.97. The number of hydrogen-bond donors (Lipinski definition) is 1. The maximum atomic E-state index is 12.4. The molecule has 3 heteroatoms. The summed E-state index contributed by atoms with van der Waals surface area (Å²) in [5, 5.41) is 10.9. The number of Topliss-reactive ketones (excluding diaryl/α,β-unsaturated/α-hetero) is 1. The van der Waals surface area contributed by atoms with Gasteiger partial charge in [0.2, 0.25) is 0 Å². The van der Waals surface area contributed by atoms with Crippen molar-refractivity contribution >= 4 is 5.78 Å². The molecule has 4 saturated carbocycles. The molecule has 5 rings (SSSR count). The zero-order valence-corrected chi connectivity index (χ0v) is 13.8. The molecule has 1 saturated heterocycles. The van der Waals surface area contributed by atoms with E-state index in [1.54, 1.807) is 0 Å². The van der Waals surface area contributed by atoms with E-state index >= 15 is 0 Å². The second-order valence-corrected chi connectivity index (χ2v) is 9.22. The van der Waals surface area contributed by atoms with E-state index in [9.17, 15) is 9.90 Å². The van der Waals surface area contributed by atoms with Crippen LogP contribution in [0.5, 0.6) is 0 Å². The molecule has 8 atom stereocenters. The first-order chi connectivity index (χ1) is 10.4. The number of rotatable bonds is 0. The van der Waals surface area contributed by atoms with Crippen LogP contribution in [-0.4, -0.2) is 28.7 Å². The van der Waals surface area contributed by atoms with Crippen LogP contribution in [0.2, 0.25) is 0 Å². The van der Waals surface area contributed by atoms with Crippen molar-refractivity contribution in [2.75, 3.05) is 0 Å². The molecule has 1 unspecified atom stereocenters. The predicted octanol–water partition coefficient (Wildman–Crippen LogP) is 3.09. The van der Waals surface area contributed by atoms with Crippen LogP contribution < -0.4 is 0 Å². The molecule has 1 heterocycles. The third kappa shape index (κ3) is 1.32. The van der Waals surface area contributed by atoms with Gasteiger partial charge in [-0.1, -0.05) is 13.8 Å².